The largest absolute Gasteiger partial charge is 0.381 e. The van der Waals surface area contributed by atoms with Crippen LogP contribution in [0.4, 0.5) is 4.39 Å². The van der Waals surface area contributed by atoms with Crippen molar-refractivity contribution in [3.63, 3.8) is 0 Å². The summed E-state index contributed by atoms with van der Waals surface area (Å²) in [6.45, 7) is 1.25. The first-order chi connectivity index (χ1) is 7.83. The van der Waals surface area contributed by atoms with Crippen molar-refractivity contribution in [1.29, 1.82) is 0 Å². The third-order valence-corrected chi connectivity index (χ3v) is 4.03. The number of rotatable bonds is 3. The Kier molecular flexibility index (Phi) is 4.36. The third kappa shape index (κ3) is 2.64. The van der Waals surface area contributed by atoms with Crippen LogP contribution in [0.25, 0.3) is 0 Å². The fourth-order valence-corrected chi connectivity index (χ4v) is 2.94. The first-order valence-electron chi connectivity index (χ1n) is 5.71. The highest BCUT2D eigenvalue weighted by Gasteiger charge is 2.26. The highest BCUT2D eigenvalue weighted by atomic mass is 79.9. The highest BCUT2D eigenvalue weighted by molar-refractivity contribution is 9.10. The van der Waals surface area contributed by atoms with Gasteiger partial charge in [0.05, 0.1) is 6.67 Å². The molecule has 1 aliphatic rings. The van der Waals surface area contributed by atoms with E-state index < -0.39 is 0 Å². The lowest BCUT2D eigenvalue weighted by atomic mass is 9.82. The van der Waals surface area contributed by atoms with Crippen LogP contribution in [0, 0.1) is 5.92 Å². The maximum absolute atomic E-state index is 13.2. The summed E-state index contributed by atoms with van der Waals surface area (Å²) in [6.07, 6.45) is 1.94. The van der Waals surface area contributed by atoms with E-state index >= 15 is 0 Å². The Labute approximate surface area is 104 Å². The number of ether oxygens (including phenoxy) is 1. The van der Waals surface area contributed by atoms with Gasteiger partial charge in [-0.25, -0.2) is 0 Å². The van der Waals surface area contributed by atoms with Gasteiger partial charge in [-0.1, -0.05) is 34.1 Å². The predicted molar refractivity (Wildman–Crippen MR) is 66.4 cm³/mol. The minimum absolute atomic E-state index is 0.0134. The molecule has 1 nitrogen and oxygen atoms in total. The summed E-state index contributed by atoms with van der Waals surface area (Å²) in [5.41, 5.74) is 1.09. The van der Waals surface area contributed by atoms with E-state index in [9.17, 15) is 4.39 Å². The van der Waals surface area contributed by atoms with Crippen LogP contribution in [-0.4, -0.2) is 19.9 Å². The quantitative estimate of drug-likeness (QED) is 0.818. The first-order valence-corrected chi connectivity index (χ1v) is 6.50. The molecule has 1 atom stereocenters. The highest BCUT2D eigenvalue weighted by Crippen LogP contribution is 2.35. The van der Waals surface area contributed by atoms with E-state index in [1.54, 1.807) is 0 Å². The van der Waals surface area contributed by atoms with Gasteiger partial charge in [0, 0.05) is 23.6 Å². The Morgan fingerprint density at radius 2 is 2.00 bits per heavy atom. The third-order valence-electron chi connectivity index (χ3n) is 3.31. The SMILES string of the molecule is FCC(c1ccccc1Br)C1CCOCC1. The molecule has 0 bridgehead atoms. The zero-order valence-electron chi connectivity index (χ0n) is 9.16. The maximum Gasteiger partial charge on any atom is 0.0966 e. The van der Waals surface area contributed by atoms with Crippen LogP contribution in [0.1, 0.15) is 24.3 Å². The van der Waals surface area contributed by atoms with Crippen LogP contribution in [-0.2, 0) is 4.74 Å². The molecule has 1 unspecified atom stereocenters. The van der Waals surface area contributed by atoms with Crippen LogP contribution in [0.5, 0.6) is 0 Å². The van der Waals surface area contributed by atoms with Crippen molar-refractivity contribution < 1.29 is 9.13 Å². The summed E-state index contributed by atoms with van der Waals surface area (Å²) in [7, 11) is 0. The van der Waals surface area contributed by atoms with Gasteiger partial charge in [0.25, 0.3) is 0 Å². The molecule has 1 aromatic carbocycles. The molecule has 88 valence electrons. The van der Waals surface area contributed by atoms with Gasteiger partial charge >= 0.3 is 0 Å². The van der Waals surface area contributed by atoms with E-state index in [-0.39, 0.29) is 12.6 Å². The normalized spacial score (nSPS) is 19.6. The molecule has 0 aliphatic carbocycles. The summed E-state index contributed by atoms with van der Waals surface area (Å²) >= 11 is 3.51. The molecule has 0 N–H and O–H groups in total. The molecule has 16 heavy (non-hydrogen) atoms. The molecule has 0 radical (unpaired) electrons. The van der Waals surface area contributed by atoms with Crippen molar-refractivity contribution in [2.45, 2.75) is 18.8 Å². The van der Waals surface area contributed by atoms with Crippen LogP contribution in [0.15, 0.2) is 28.7 Å². The lowest BCUT2D eigenvalue weighted by Gasteiger charge is -2.29. The van der Waals surface area contributed by atoms with Gasteiger partial charge < -0.3 is 4.74 Å². The molecule has 0 spiro atoms. The van der Waals surface area contributed by atoms with E-state index in [4.69, 9.17) is 4.74 Å². The Morgan fingerprint density at radius 3 is 2.62 bits per heavy atom. The molecule has 3 heteroatoms. The van der Waals surface area contributed by atoms with Crippen LogP contribution in [0.2, 0.25) is 0 Å². The van der Waals surface area contributed by atoms with Crippen molar-refractivity contribution in [2.24, 2.45) is 5.92 Å². The van der Waals surface area contributed by atoms with Gasteiger partial charge in [-0.15, -0.1) is 0 Å². The van der Waals surface area contributed by atoms with Gasteiger partial charge in [-0.05, 0) is 30.4 Å². The van der Waals surface area contributed by atoms with Gasteiger partial charge in [0.1, 0.15) is 0 Å². The molecule has 1 aliphatic heterocycles. The average Bonchev–Trinajstić information content (AvgIpc) is 2.34. The molecule has 0 aromatic heterocycles. The molecule has 0 amide bonds. The predicted octanol–water partition coefficient (Wildman–Crippen LogP) is 3.93. The molecule has 1 fully saturated rings. The minimum Gasteiger partial charge on any atom is -0.381 e. The number of benzene rings is 1. The van der Waals surface area contributed by atoms with Gasteiger partial charge in [0.15, 0.2) is 0 Å². The van der Waals surface area contributed by atoms with Crippen molar-refractivity contribution in [2.75, 3.05) is 19.9 Å². The van der Waals surface area contributed by atoms with Gasteiger partial charge in [-0.3, -0.25) is 4.39 Å². The molecule has 1 heterocycles. The zero-order valence-corrected chi connectivity index (χ0v) is 10.7. The Morgan fingerprint density at radius 1 is 1.31 bits per heavy atom. The second kappa shape index (κ2) is 5.78. The Bertz CT molecular complexity index is 336. The van der Waals surface area contributed by atoms with E-state index in [0.29, 0.717) is 5.92 Å². The van der Waals surface area contributed by atoms with Crippen molar-refractivity contribution >= 4 is 15.9 Å². The monoisotopic (exact) mass is 286 g/mol. The van der Waals surface area contributed by atoms with E-state index in [1.807, 2.05) is 24.3 Å². The number of halogens is 2. The fraction of sp³-hybridized carbons (Fsp3) is 0.538. The summed E-state index contributed by atoms with van der Waals surface area (Å²) in [5.74, 6) is 0.428. The van der Waals surface area contributed by atoms with Gasteiger partial charge in [-0.2, -0.15) is 0 Å². The van der Waals surface area contributed by atoms with E-state index in [2.05, 4.69) is 15.9 Å². The van der Waals surface area contributed by atoms with Crippen LogP contribution >= 0.6 is 15.9 Å². The fourth-order valence-electron chi connectivity index (χ4n) is 2.36. The van der Waals surface area contributed by atoms with E-state index in [0.717, 1.165) is 36.1 Å². The van der Waals surface area contributed by atoms with E-state index in [1.165, 1.54) is 0 Å². The molecule has 2 rings (SSSR count). The Hall–Kier alpha value is -0.410. The number of alkyl halides is 1. The molecular weight excluding hydrogens is 271 g/mol. The van der Waals surface area contributed by atoms with Gasteiger partial charge in [0.2, 0.25) is 0 Å². The molecular formula is C13H16BrFO. The summed E-state index contributed by atoms with van der Waals surface area (Å²) in [6, 6.07) is 7.94. The second-order valence-corrected chi connectivity index (χ2v) is 5.09. The van der Waals surface area contributed by atoms with Crippen LogP contribution < -0.4 is 0 Å². The zero-order chi connectivity index (χ0) is 11.4. The summed E-state index contributed by atoms with van der Waals surface area (Å²) in [5, 5.41) is 0. The van der Waals surface area contributed by atoms with Crippen molar-refractivity contribution in [1.82, 2.24) is 0 Å². The summed E-state index contributed by atoms with van der Waals surface area (Å²) < 4.78 is 19.6. The number of hydrogen-bond donors (Lipinski definition) is 0. The molecule has 1 saturated heterocycles. The standard InChI is InChI=1S/C13H16BrFO/c14-13-4-2-1-3-11(13)12(9-15)10-5-7-16-8-6-10/h1-4,10,12H,5-9H2. The maximum atomic E-state index is 13.2. The first kappa shape index (κ1) is 12.1. The molecule has 0 saturated carbocycles. The second-order valence-electron chi connectivity index (χ2n) is 4.23. The molecule has 1 aromatic rings. The topological polar surface area (TPSA) is 9.23 Å². The lowest BCUT2D eigenvalue weighted by Crippen LogP contribution is -2.23. The summed E-state index contributed by atoms with van der Waals surface area (Å²) in [4.78, 5) is 0. The Balaban J connectivity index is 2.18. The lowest BCUT2D eigenvalue weighted by molar-refractivity contribution is 0.0546. The van der Waals surface area contributed by atoms with Crippen LogP contribution in [0.3, 0.4) is 0 Å². The van der Waals surface area contributed by atoms with Crippen molar-refractivity contribution in [3.05, 3.63) is 34.3 Å². The average molecular weight is 287 g/mol. The minimum atomic E-state index is -0.284. The number of hydrogen-bond acceptors (Lipinski definition) is 1. The smallest absolute Gasteiger partial charge is 0.0966 e. The van der Waals surface area contributed by atoms with Crippen molar-refractivity contribution in [3.8, 4) is 0 Å².